The second-order valence-corrected chi connectivity index (χ2v) is 5.58. The molecule has 0 saturated heterocycles. The summed E-state index contributed by atoms with van der Waals surface area (Å²) >= 11 is 1.71. The van der Waals surface area contributed by atoms with Crippen LogP contribution in [0.4, 0.5) is 0 Å². The number of hydrogen-bond acceptors (Lipinski definition) is 3. The Balaban J connectivity index is 2.51. The molecule has 1 rings (SSSR count). The minimum absolute atomic E-state index is 0.0849. The number of amides is 1. The summed E-state index contributed by atoms with van der Waals surface area (Å²) in [6.07, 6.45) is 3.65. The summed E-state index contributed by atoms with van der Waals surface area (Å²) in [5.74, 6) is -0.0849. The summed E-state index contributed by atoms with van der Waals surface area (Å²) < 4.78 is 0. The smallest absolute Gasteiger partial charge is 0.240 e. The molecule has 3 nitrogen and oxygen atoms in total. The first-order valence-corrected chi connectivity index (χ1v) is 7.42. The fraction of sp³-hybridized carbons (Fsp3) is 0.500. The highest BCUT2D eigenvalue weighted by atomic mass is 32.2. The summed E-state index contributed by atoms with van der Waals surface area (Å²) in [7, 11) is 0. The molecule has 100 valence electrons. The summed E-state index contributed by atoms with van der Waals surface area (Å²) in [5, 5.41) is 2.89. The number of thioether (sulfide) groups is 1. The molecule has 1 unspecified atom stereocenters. The Morgan fingerprint density at radius 3 is 2.50 bits per heavy atom. The molecule has 0 saturated carbocycles. The highest BCUT2D eigenvalue weighted by Crippen LogP contribution is 2.15. The first-order chi connectivity index (χ1) is 8.49. The molecule has 4 heteroatoms. The second kappa shape index (κ2) is 6.81. The highest BCUT2D eigenvalue weighted by Gasteiger charge is 2.26. The molecule has 0 aliphatic carbocycles. The molecular formula is C14H22N2OS. The van der Waals surface area contributed by atoms with E-state index >= 15 is 0 Å². The van der Waals surface area contributed by atoms with E-state index in [1.54, 1.807) is 18.7 Å². The van der Waals surface area contributed by atoms with Gasteiger partial charge in [-0.2, -0.15) is 0 Å². The molecule has 0 aliphatic rings. The maximum Gasteiger partial charge on any atom is 0.240 e. The zero-order valence-electron chi connectivity index (χ0n) is 11.3. The quantitative estimate of drug-likeness (QED) is 0.778. The van der Waals surface area contributed by atoms with Crippen LogP contribution < -0.4 is 11.1 Å². The highest BCUT2D eigenvalue weighted by molar-refractivity contribution is 7.98. The van der Waals surface area contributed by atoms with Gasteiger partial charge < -0.3 is 11.1 Å². The monoisotopic (exact) mass is 266 g/mol. The molecule has 0 fully saturated rings. The van der Waals surface area contributed by atoms with Gasteiger partial charge in [-0.05, 0) is 37.3 Å². The van der Waals surface area contributed by atoms with Crippen molar-refractivity contribution in [1.29, 1.82) is 0 Å². The van der Waals surface area contributed by atoms with Crippen molar-refractivity contribution in [3.05, 3.63) is 29.8 Å². The van der Waals surface area contributed by atoms with Crippen molar-refractivity contribution in [2.24, 2.45) is 5.73 Å². The van der Waals surface area contributed by atoms with E-state index in [0.717, 1.165) is 12.0 Å². The van der Waals surface area contributed by atoms with Crippen LogP contribution >= 0.6 is 11.8 Å². The SMILES string of the molecule is CCCC(C)(N)C(=O)NCc1ccc(SC)cc1. The Hall–Kier alpha value is -1.00. The predicted octanol–water partition coefficient (Wildman–Crippen LogP) is 2.54. The van der Waals surface area contributed by atoms with Gasteiger partial charge >= 0.3 is 0 Å². The van der Waals surface area contributed by atoms with Crippen LogP contribution in [-0.4, -0.2) is 17.7 Å². The van der Waals surface area contributed by atoms with Gasteiger partial charge in [0, 0.05) is 11.4 Å². The molecule has 18 heavy (non-hydrogen) atoms. The van der Waals surface area contributed by atoms with Gasteiger partial charge in [0.1, 0.15) is 0 Å². The minimum atomic E-state index is -0.770. The van der Waals surface area contributed by atoms with E-state index < -0.39 is 5.54 Å². The lowest BCUT2D eigenvalue weighted by atomic mass is 9.96. The van der Waals surface area contributed by atoms with E-state index in [-0.39, 0.29) is 5.91 Å². The van der Waals surface area contributed by atoms with Gasteiger partial charge in [-0.15, -0.1) is 11.8 Å². The topological polar surface area (TPSA) is 55.1 Å². The molecule has 1 aromatic carbocycles. The largest absolute Gasteiger partial charge is 0.350 e. The first-order valence-electron chi connectivity index (χ1n) is 6.19. The Kier molecular flexibility index (Phi) is 5.69. The van der Waals surface area contributed by atoms with E-state index in [9.17, 15) is 4.79 Å². The minimum Gasteiger partial charge on any atom is -0.350 e. The standard InChI is InChI=1S/C14H22N2OS/c1-4-9-14(2,15)13(17)16-10-11-5-7-12(18-3)8-6-11/h5-8H,4,9-10,15H2,1-3H3,(H,16,17). The summed E-state index contributed by atoms with van der Waals surface area (Å²) in [5.41, 5.74) is 6.29. The van der Waals surface area contributed by atoms with E-state index in [1.807, 2.05) is 25.3 Å². The van der Waals surface area contributed by atoms with Crippen molar-refractivity contribution in [2.75, 3.05) is 6.26 Å². The van der Waals surface area contributed by atoms with Gasteiger partial charge in [0.15, 0.2) is 0 Å². The van der Waals surface area contributed by atoms with E-state index in [2.05, 4.69) is 17.4 Å². The van der Waals surface area contributed by atoms with Crippen LogP contribution in [0.3, 0.4) is 0 Å². The molecule has 0 radical (unpaired) electrons. The van der Waals surface area contributed by atoms with Gasteiger partial charge in [0.05, 0.1) is 5.54 Å². The first kappa shape index (κ1) is 15.1. The summed E-state index contributed by atoms with van der Waals surface area (Å²) in [4.78, 5) is 13.1. The van der Waals surface area contributed by atoms with Crippen molar-refractivity contribution >= 4 is 17.7 Å². The molecule has 1 amide bonds. The number of rotatable bonds is 6. The average molecular weight is 266 g/mol. The maximum atomic E-state index is 11.9. The molecule has 0 aromatic heterocycles. The van der Waals surface area contributed by atoms with Crippen LogP contribution in [0.15, 0.2) is 29.2 Å². The zero-order chi connectivity index (χ0) is 13.6. The normalized spacial score (nSPS) is 14.0. The summed E-state index contributed by atoms with van der Waals surface area (Å²) in [6, 6.07) is 8.17. The van der Waals surface area contributed by atoms with Gasteiger partial charge in [-0.25, -0.2) is 0 Å². The van der Waals surface area contributed by atoms with E-state index in [4.69, 9.17) is 5.73 Å². The molecule has 3 N–H and O–H groups in total. The van der Waals surface area contributed by atoms with Crippen LogP contribution in [-0.2, 0) is 11.3 Å². The van der Waals surface area contributed by atoms with Crippen molar-refractivity contribution in [3.63, 3.8) is 0 Å². The maximum absolute atomic E-state index is 11.9. The molecule has 0 bridgehead atoms. The van der Waals surface area contributed by atoms with E-state index in [0.29, 0.717) is 13.0 Å². The molecule has 0 heterocycles. The third-order valence-corrected chi connectivity index (χ3v) is 3.64. The van der Waals surface area contributed by atoms with Gasteiger partial charge in [-0.1, -0.05) is 25.5 Å². The third-order valence-electron chi connectivity index (χ3n) is 2.90. The molecule has 0 spiro atoms. The number of carbonyl (C=O) groups excluding carboxylic acids is 1. The number of hydrogen-bond donors (Lipinski definition) is 2. The fourth-order valence-corrected chi connectivity index (χ4v) is 2.17. The van der Waals surface area contributed by atoms with Crippen LogP contribution in [0, 0.1) is 0 Å². The number of nitrogens with one attached hydrogen (secondary N) is 1. The third kappa shape index (κ3) is 4.35. The van der Waals surface area contributed by atoms with Crippen molar-refractivity contribution < 1.29 is 4.79 Å². The van der Waals surface area contributed by atoms with Crippen molar-refractivity contribution in [1.82, 2.24) is 5.32 Å². The number of benzene rings is 1. The van der Waals surface area contributed by atoms with Gasteiger partial charge in [-0.3, -0.25) is 4.79 Å². The number of nitrogens with two attached hydrogens (primary N) is 1. The van der Waals surface area contributed by atoms with Crippen molar-refractivity contribution in [2.45, 2.75) is 43.7 Å². The lowest BCUT2D eigenvalue weighted by Crippen LogP contribution is -2.51. The Morgan fingerprint density at radius 1 is 1.39 bits per heavy atom. The Labute approximate surface area is 114 Å². The zero-order valence-corrected chi connectivity index (χ0v) is 12.1. The average Bonchev–Trinajstić information content (AvgIpc) is 2.36. The molecule has 1 aromatic rings. The Bertz CT molecular complexity index is 387. The lowest BCUT2D eigenvalue weighted by Gasteiger charge is -2.22. The van der Waals surface area contributed by atoms with Gasteiger partial charge in [0.2, 0.25) is 5.91 Å². The van der Waals surface area contributed by atoms with Crippen molar-refractivity contribution in [3.8, 4) is 0 Å². The summed E-state index contributed by atoms with van der Waals surface area (Å²) in [6.45, 7) is 4.34. The second-order valence-electron chi connectivity index (χ2n) is 4.70. The van der Waals surface area contributed by atoms with Crippen LogP contribution in [0.25, 0.3) is 0 Å². The van der Waals surface area contributed by atoms with E-state index in [1.165, 1.54) is 4.90 Å². The molecule has 1 atom stereocenters. The fourth-order valence-electron chi connectivity index (χ4n) is 1.76. The number of carbonyl (C=O) groups is 1. The molecular weight excluding hydrogens is 244 g/mol. The Morgan fingerprint density at radius 2 is 2.00 bits per heavy atom. The molecule has 0 aliphatic heterocycles. The van der Waals surface area contributed by atoms with Crippen LogP contribution in [0.2, 0.25) is 0 Å². The predicted molar refractivity (Wildman–Crippen MR) is 77.6 cm³/mol. The van der Waals surface area contributed by atoms with Crippen LogP contribution in [0.1, 0.15) is 32.3 Å². The van der Waals surface area contributed by atoms with Crippen LogP contribution in [0.5, 0.6) is 0 Å². The van der Waals surface area contributed by atoms with Gasteiger partial charge in [0.25, 0.3) is 0 Å². The lowest BCUT2D eigenvalue weighted by molar-refractivity contribution is -0.126.